The summed E-state index contributed by atoms with van der Waals surface area (Å²) < 4.78 is 0. The van der Waals surface area contributed by atoms with Crippen LogP contribution in [0.3, 0.4) is 0 Å². The first-order valence-electron chi connectivity index (χ1n) is 6.62. The number of fused-ring (bicyclic) bond motifs is 1. The molecular weight excluding hydrogens is 258 g/mol. The van der Waals surface area contributed by atoms with E-state index in [2.05, 4.69) is 5.32 Å². The maximum atomic E-state index is 12.4. The molecule has 0 saturated carbocycles. The van der Waals surface area contributed by atoms with Gasteiger partial charge in [-0.2, -0.15) is 0 Å². The zero-order valence-electron chi connectivity index (χ0n) is 11.0. The second-order valence-corrected chi connectivity index (χ2v) is 4.96. The predicted molar refractivity (Wildman–Crippen MR) is 73.2 cm³/mol. The van der Waals surface area contributed by atoms with Crippen molar-refractivity contribution in [1.82, 2.24) is 4.90 Å². The second kappa shape index (κ2) is 4.96. The molecule has 2 heterocycles. The Hall–Kier alpha value is -2.37. The van der Waals surface area contributed by atoms with Crippen LogP contribution in [-0.2, 0) is 14.4 Å². The Morgan fingerprint density at radius 1 is 1.25 bits per heavy atom. The fourth-order valence-corrected chi connectivity index (χ4v) is 2.58. The van der Waals surface area contributed by atoms with E-state index in [1.807, 2.05) is 6.07 Å². The van der Waals surface area contributed by atoms with Gasteiger partial charge in [-0.1, -0.05) is 12.1 Å². The fraction of sp³-hybridized carbons (Fsp3) is 0.357. The van der Waals surface area contributed by atoms with Crippen molar-refractivity contribution in [2.24, 2.45) is 0 Å². The lowest BCUT2D eigenvalue weighted by Gasteiger charge is -2.30. The van der Waals surface area contributed by atoms with E-state index in [1.54, 1.807) is 23.1 Å². The van der Waals surface area contributed by atoms with Crippen LogP contribution >= 0.6 is 0 Å². The smallest absolute Gasteiger partial charge is 0.247 e. The monoisotopic (exact) mass is 273 g/mol. The van der Waals surface area contributed by atoms with Crippen molar-refractivity contribution in [2.75, 3.05) is 29.9 Å². The number of anilines is 2. The molecule has 1 aromatic rings. The van der Waals surface area contributed by atoms with Gasteiger partial charge in [0.2, 0.25) is 17.7 Å². The van der Waals surface area contributed by atoms with Crippen molar-refractivity contribution in [1.29, 1.82) is 0 Å². The van der Waals surface area contributed by atoms with Crippen LogP contribution in [-0.4, -0.2) is 42.3 Å². The molecule has 20 heavy (non-hydrogen) atoms. The van der Waals surface area contributed by atoms with Crippen LogP contribution in [0.2, 0.25) is 0 Å². The summed E-state index contributed by atoms with van der Waals surface area (Å²) in [6.07, 6.45) is 1.30. The molecule has 0 aliphatic carbocycles. The molecule has 3 rings (SSSR count). The Labute approximate surface area is 116 Å². The average molecular weight is 273 g/mol. The third-order valence-corrected chi connectivity index (χ3v) is 3.57. The molecule has 1 N–H and O–H groups in total. The van der Waals surface area contributed by atoms with Crippen molar-refractivity contribution < 1.29 is 14.4 Å². The van der Waals surface area contributed by atoms with Gasteiger partial charge < -0.3 is 10.2 Å². The van der Waals surface area contributed by atoms with Crippen LogP contribution in [0.5, 0.6) is 0 Å². The quantitative estimate of drug-likeness (QED) is 0.857. The van der Waals surface area contributed by atoms with Crippen LogP contribution in [0.4, 0.5) is 11.4 Å². The second-order valence-electron chi connectivity index (χ2n) is 4.96. The first-order valence-corrected chi connectivity index (χ1v) is 6.62. The number of hydrogen-bond donors (Lipinski definition) is 1. The van der Waals surface area contributed by atoms with E-state index in [0.29, 0.717) is 24.3 Å². The Morgan fingerprint density at radius 3 is 2.80 bits per heavy atom. The summed E-state index contributed by atoms with van der Waals surface area (Å²) in [6.45, 7) is 0.657. The van der Waals surface area contributed by atoms with Crippen molar-refractivity contribution in [3.8, 4) is 0 Å². The lowest BCUT2D eigenvalue weighted by atomic mass is 10.2. The van der Waals surface area contributed by atoms with Crippen LogP contribution in [0.25, 0.3) is 0 Å². The van der Waals surface area contributed by atoms with E-state index < -0.39 is 0 Å². The van der Waals surface area contributed by atoms with Crippen LogP contribution < -0.4 is 10.2 Å². The lowest BCUT2D eigenvalue weighted by Crippen LogP contribution is -2.46. The first-order chi connectivity index (χ1) is 9.65. The standard InChI is InChI=1S/C14H15N3O3/c18-12-8-17(11-5-2-1-4-10(11)15-12)14(20)9-16-7-3-6-13(16)19/h1-2,4-5H,3,6-9H2,(H,15,18). The first kappa shape index (κ1) is 12.7. The molecule has 0 aromatic heterocycles. The summed E-state index contributed by atoms with van der Waals surface area (Å²) in [5.74, 6) is -0.430. The Morgan fingerprint density at radius 2 is 2.05 bits per heavy atom. The van der Waals surface area contributed by atoms with E-state index in [9.17, 15) is 14.4 Å². The number of benzene rings is 1. The van der Waals surface area contributed by atoms with Gasteiger partial charge in [0.25, 0.3) is 0 Å². The van der Waals surface area contributed by atoms with Gasteiger partial charge in [-0.3, -0.25) is 19.3 Å². The summed E-state index contributed by atoms with van der Waals surface area (Å²) in [4.78, 5) is 38.6. The highest BCUT2D eigenvalue weighted by Crippen LogP contribution is 2.29. The lowest BCUT2D eigenvalue weighted by molar-refractivity contribution is -0.132. The Bertz CT molecular complexity index is 585. The van der Waals surface area contributed by atoms with E-state index in [4.69, 9.17) is 0 Å². The number of nitrogens with zero attached hydrogens (tertiary/aromatic N) is 2. The molecule has 2 aliphatic heterocycles. The summed E-state index contributed by atoms with van der Waals surface area (Å²) in [5, 5.41) is 2.73. The minimum atomic E-state index is -0.220. The van der Waals surface area contributed by atoms with Gasteiger partial charge in [-0.05, 0) is 18.6 Å². The number of likely N-dealkylation sites (tertiary alicyclic amines) is 1. The minimum absolute atomic E-state index is 0.00211. The molecule has 1 aromatic carbocycles. The molecule has 104 valence electrons. The number of hydrogen-bond acceptors (Lipinski definition) is 3. The van der Waals surface area contributed by atoms with Crippen molar-refractivity contribution >= 4 is 29.1 Å². The number of nitrogens with one attached hydrogen (secondary N) is 1. The maximum absolute atomic E-state index is 12.4. The molecule has 1 saturated heterocycles. The molecule has 6 heteroatoms. The van der Waals surface area contributed by atoms with Crippen molar-refractivity contribution in [3.63, 3.8) is 0 Å². The van der Waals surface area contributed by atoms with Gasteiger partial charge in [-0.15, -0.1) is 0 Å². The van der Waals surface area contributed by atoms with Crippen molar-refractivity contribution in [3.05, 3.63) is 24.3 Å². The molecule has 2 aliphatic rings. The largest absolute Gasteiger partial charge is 0.333 e. The topological polar surface area (TPSA) is 69.7 Å². The fourth-order valence-electron chi connectivity index (χ4n) is 2.58. The molecule has 0 spiro atoms. The highest BCUT2D eigenvalue weighted by atomic mass is 16.2. The Kier molecular flexibility index (Phi) is 3.14. The predicted octanol–water partition coefficient (Wildman–Crippen LogP) is 0.594. The molecule has 0 radical (unpaired) electrons. The number of amides is 3. The van der Waals surface area contributed by atoms with E-state index >= 15 is 0 Å². The molecule has 0 atom stereocenters. The molecule has 0 unspecified atom stereocenters. The van der Waals surface area contributed by atoms with Crippen molar-refractivity contribution in [2.45, 2.75) is 12.8 Å². The van der Waals surface area contributed by atoms with Gasteiger partial charge in [0.1, 0.15) is 13.1 Å². The minimum Gasteiger partial charge on any atom is -0.333 e. The van der Waals surface area contributed by atoms with Crippen LogP contribution in [0.15, 0.2) is 24.3 Å². The summed E-state index contributed by atoms with van der Waals surface area (Å²) in [6, 6.07) is 7.17. The molecule has 0 bridgehead atoms. The highest BCUT2D eigenvalue weighted by Gasteiger charge is 2.30. The maximum Gasteiger partial charge on any atom is 0.247 e. The molecule has 3 amide bonds. The molecular formula is C14H15N3O3. The number of carbonyl (C=O) groups is 3. The van der Waals surface area contributed by atoms with Gasteiger partial charge in [0.05, 0.1) is 11.4 Å². The number of rotatable bonds is 2. The van der Waals surface area contributed by atoms with Gasteiger partial charge in [-0.25, -0.2) is 0 Å². The highest BCUT2D eigenvalue weighted by molar-refractivity contribution is 6.10. The van der Waals surface area contributed by atoms with E-state index in [0.717, 1.165) is 6.42 Å². The van der Waals surface area contributed by atoms with Crippen LogP contribution in [0.1, 0.15) is 12.8 Å². The number of para-hydroxylation sites is 2. The zero-order chi connectivity index (χ0) is 14.1. The molecule has 1 fully saturated rings. The SMILES string of the molecule is O=C1CN(C(=O)CN2CCCC2=O)c2ccccc2N1. The van der Waals surface area contributed by atoms with Gasteiger partial charge in [0.15, 0.2) is 0 Å². The summed E-state index contributed by atoms with van der Waals surface area (Å²) >= 11 is 0. The third-order valence-electron chi connectivity index (χ3n) is 3.57. The molecule has 6 nitrogen and oxygen atoms in total. The third kappa shape index (κ3) is 2.24. The van der Waals surface area contributed by atoms with Gasteiger partial charge in [0, 0.05) is 13.0 Å². The number of carbonyl (C=O) groups excluding carboxylic acids is 3. The Balaban J connectivity index is 1.81. The zero-order valence-corrected chi connectivity index (χ0v) is 11.0. The normalized spacial score (nSPS) is 18.0. The van der Waals surface area contributed by atoms with Crippen LogP contribution in [0, 0.1) is 0 Å². The van der Waals surface area contributed by atoms with E-state index in [1.165, 1.54) is 4.90 Å². The van der Waals surface area contributed by atoms with Gasteiger partial charge >= 0.3 is 0 Å². The summed E-state index contributed by atoms with van der Waals surface area (Å²) in [7, 11) is 0. The summed E-state index contributed by atoms with van der Waals surface area (Å²) in [5.41, 5.74) is 1.31. The average Bonchev–Trinajstić information content (AvgIpc) is 2.83. The van der Waals surface area contributed by atoms with E-state index in [-0.39, 0.29) is 30.8 Å².